The monoisotopic (exact) mass is 607 g/mol. The first-order valence-corrected chi connectivity index (χ1v) is 15.1. The first-order valence-electron chi connectivity index (χ1n) is 15.1. The minimum atomic E-state index is -4.65. The van der Waals surface area contributed by atoms with Gasteiger partial charge in [0.2, 0.25) is 11.8 Å². The predicted molar refractivity (Wildman–Crippen MR) is 160 cm³/mol. The van der Waals surface area contributed by atoms with E-state index in [0.717, 1.165) is 53.6 Å². The van der Waals surface area contributed by atoms with Crippen LogP contribution in [0, 0.1) is 6.92 Å². The lowest BCUT2D eigenvalue weighted by Crippen LogP contribution is -2.39. The summed E-state index contributed by atoms with van der Waals surface area (Å²) >= 11 is 0. The summed E-state index contributed by atoms with van der Waals surface area (Å²) in [6.45, 7) is 8.88. The molecule has 6 rings (SSSR count). The molecule has 1 aromatic carbocycles. The number of amides is 1. The van der Waals surface area contributed by atoms with Crippen molar-refractivity contribution in [2.24, 2.45) is 0 Å². The molecule has 0 aliphatic carbocycles. The lowest BCUT2D eigenvalue weighted by molar-refractivity contribution is -0.140. The van der Waals surface area contributed by atoms with Gasteiger partial charge in [-0.05, 0) is 86.7 Å². The maximum absolute atomic E-state index is 14.1. The van der Waals surface area contributed by atoms with Crippen LogP contribution >= 0.6 is 0 Å². The van der Waals surface area contributed by atoms with E-state index in [1.165, 1.54) is 6.20 Å². The first kappa shape index (κ1) is 29.9. The topological polar surface area (TPSA) is 83.6 Å². The fraction of sp³-hybridized carbons (Fsp3) is 0.424. The van der Waals surface area contributed by atoms with Crippen LogP contribution in [0.4, 0.5) is 13.2 Å². The summed E-state index contributed by atoms with van der Waals surface area (Å²) in [6.07, 6.45) is -0.225. The maximum atomic E-state index is 14.1. The molecule has 0 spiro atoms. The van der Waals surface area contributed by atoms with Crippen LogP contribution in [0.5, 0.6) is 17.4 Å². The fourth-order valence-corrected chi connectivity index (χ4v) is 6.21. The molecule has 2 aliphatic rings. The van der Waals surface area contributed by atoms with Gasteiger partial charge in [-0.15, -0.1) is 0 Å². The molecule has 44 heavy (non-hydrogen) atoms. The number of carbonyl (C=O) groups excluding carboxylic acids is 1. The summed E-state index contributed by atoms with van der Waals surface area (Å²) in [6, 6.07) is 10.4. The average molecular weight is 608 g/mol. The van der Waals surface area contributed by atoms with E-state index in [9.17, 15) is 18.0 Å². The van der Waals surface area contributed by atoms with Crippen LogP contribution < -0.4 is 9.47 Å². The smallest absolute Gasteiger partial charge is 0.421 e. The van der Waals surface area contributed by atoms with Crippen LogP contribution in [0.3, 0.4) is 0 Å². The number of nitrogens with one attached hydrogen (secondary N) is 1. The van der Waals surface area contributed by atoms with Gasteiger partial charge in [0.1, 0.15) is 28.8 Å². The lowest BCUT2D eigenvalue weighted by Gasteiger charge is -2.35. The molecule has 1 saturated heterocycles. The summed E-state index contributed by atoms with van der Waals surface area (Å²) < 4.78 is 54.2. The largest absolute Gasteiger partial charge is 0.474 e. The van der Waals surface area contributed by atoms with Gasteiger partial charge in [-0.2, -0.15) is 13.2 Å². The Kier molecular flexibility index (Phi) is 8.24. The number of H-pyrrole nitrogens is 1. The molecule has 0 unspecified atom stereocenters. The number of nitrogens with zero attached hydrogens (tertiary/aromatic N) is 4. The number of ether oxygens (including phenoxy) is 2. The van der Waals surface area contributed by atoms with Crippen LogP contribution in [0.15, 0.2) is 48.8 Å². The third-order valence-electron chi connectivity index (χ3n) is 8.66. The summed E-state index contributed by atoms with van der Waals surface area (Å²) in [5.74, 6) is 0.620. The SMILES string of the molecule is CCN1CCC(Oc2ncc(CC(=O)N3CCc4ccc(Oc5ccnc6[nH]c(C)cc56)cc4[C@@H]3C)cc2C(F)(F)F)CC1. The summed E-state index contributed by atoms with van der Waals surface area (Å²) in [5.41, 5.74) is 3.03. The number of aromatic amines is 1. The van der Waals surface area contributed by atoms with E-state index in [2.05, 4.69) is 26.8 Å². The molecule has 1 fully saturated rings. The quantitative estimate of drug-likeness (QED) is 0.254. The number of halogens is 3. The van der Waals surface area contributed by atoms with Crippen molar-refractivity contribution in [1.82, 2.24) is 24.8 Å². The van der Waals surface area contributed by atoms with Gasteiger partial charge in [0.05, 0.1) is 17.8 Å². The van der Waals surface area contributed by atoms with Crippen molar-refractivity contribution in [3.05, 3.63) is 76.7 Å². The molecule has 0 saturated carbocycles. The minimum Gasteiger partial charge on any atom is -0.474 e. The molecule has 232 valence electrons. The maximum Gasteiger partial charge on any atom is 0.421 e. The Labute approximate surface area is 254 Å². The van der Waals surface area contributed by atoms with Crippen molar-refractivity contribution in [3.8, 4) is 17.4 Å². The second-order valence-electron chi connectivity index (χ2n) is 11.6. The number of rotatable bonds is 7. The zero-order valence-corrected chi connectivity index (χ0v) is 25.1. The number of fused-ring (bicyclic) bond motifs is 2. The number of carbonyl (C=O) groups is 1. The summed E-state index contributed by atoms with van der Waals surface area (Å²) in [5, 5.41) is 0.873. The zero-order valence-electron chi connectivity index (χ0n) is 25.1. The van der Waals surface area contributed by atoms with E-state index in [4.69, 9.17) is 9.47 Å². The molecular weight excluding hydrogens is 571 g/mol. The molecule has 11 heteroatoms. The summed E-state index contributed by atoms with van der Waals surface area (Å²) in [4.78, 5) is 29.0. The molecule has 3 aromatic heterocycles. The molecule has 1 N–H and O–H groups in total. The van der Waals surface area contributed by atoms with Crippen molar-refractivity contribution >= 4 is 16.9 Å². The van der Waals surface area contributed by atoms with Crippen LogP contribution in [0.2, 0.25) is 0 Å². The third-order valence-corrected chi connectivity index (χ3v) is 8.66. The number of aromatic nitrogens is 3. The van der Waals surface area contributed by atoms with E-state index < -0.39 is 17.6 Å². The van der Waals surface area contributed by atoms with Gasteiger partial charge < -0.3 is 24.3 Å². The lowest BCUT2D eigenvalue weighted by atomic mass is 9.92. The molecule has 0 bridgehead atoms. The normalized spacial score (nSPS) is 18.0. The highest BCUT2D eigenvalue weighted by Crippen LogP contribution is 2.38. The number of aryl methyl sites for hydroxylation is 1. The van der Waals surface area contributed by atoms with E-state index in [1.54, 1.807) is 11.1 Å². The van der Waals surface area contributed by atoms with E-state index >= 15 is 0 Å². The minimum absolute atomic E-state index is 0.192. The zero-order chi connectivity index (χ0) is 31.0. The van der Waals surface area contributed by atoms with Gasteiger partial charge in [0.25, 0.3) is 0 Å². The van der Waals surface area contributed by atoms with Crippen molar-refractivity contribution in [2.75, 3.05) is 26.2 Å². The Morgan fingerprint density at radius 1 is 1.09 bits per heavy atom. The molecule has 8 nitrogen and oxygen atoms in total. The van der Waals surface area contributed by atoms with E-state index in [-0.39, 0.29) is 30.0 Å². The highest BCUT2D eigenvalue weighted by atomic mass is 19.4. The Bertz CT molecular complexity index is 1660. The number of pyridine rings is 2. The standard InChI is InChI=1S/C33H36F3N5O3/c1-4-40-12-9-24(10-13-40)44-32-28(33(34,35)36)16-22(19-38-32)17-30(42)41-14-8-23-5-6-25(18-26(23)21(41)3)43-29-7-11-37-31-27(29)15-20(2)39-31/h5-7,11,15-16,18-19,21,24H,4,8-10,12-14,17H2,1-3H3,(H,37,39)/t21-/m0/s1. The number of likely N-dealkylation sites (tertiary alicyclic amines) is 1. The Hall–Kier alpha value is -4.12. The number of hydrogen-bond donors (Lipinski definition) is 1. The fourth-order valence-electron chi connectivity index (χ4n) is 6.21. The van der Waals surface area contributed by atoms with Gasteiger partial charge in [-0.3, -0.25) is 4.79 Å². The molecule has 1 amide bonds. The molecular formula is C33H36F3N5O3. The van der Waals surface area contributed by atoms with Gasteiger partial charge in [-0.25, -0.2) is 9.97 Å². The van der Waals surface area contributed by atoms with Gasteiger partial charge >= 0.3 is 6.18 Å². The van der Waals surface area contributed by atoms with Crippen LogP contribution in [0.25, 0.3) is 11.0 Å². The molecule has 5 heterocycles. The Morgan fingerprint density at radius 3 is 2.64 bits per heavy atom. The molecule has 4 aromatic rings. The molecule has 0 radical (unpaired) electrons. The number of alkyl halides is 3. The Morgan fingerprint density at radius 2 is 1.89 bits per heavy atom. The van der Waals surface area contributed by atoms with Crippen LogP contribution in [-0.4, -0.2) is 62.9 Å². The van der Waals surface area contributed by atoms with Gasteiger partial charge in [0.15, 0.2) is 0 Å². The summed E-state index contributed by atoms with van der Waals surface area (Å²) in [7, 11) is 0. The van der Waals surface area contributed by atoms with Crippen molar-refractivity contribution in [2.45, 2.75) is 64.8 Å². The van der Waals surface area contributed by atoms with E-state index in [0.29, 0.717) is 37.3 Å². The van der Waals surface area contributed by atoms with Crippen LogP contribution in [0.1, 0.15) is 60.7 Å². The van der Waals surface area contributed by atoms with Crippen molar-refractivity contribution in [3.63, 3.8) is 0 Å². The van der Waals surface area contributed by atoms with Crippen molar-refractivity contribution < 1.29 is 27.4 Å². The Balaban J connectivity index is 1.17. The number of benzene rings is 1. The number of hydrogen-bond acceptors (Lipinski definition) is 6. The average Bonchev–Trinajstić information content (AvgIpc) is 3.39. The first-order chi connectivity index (χ1) is 21.1. The highest BCUT2D eigenvalue weighted by molar-refractivity contribution is 5.83. The third kappa shape index (κ3) is 6.24. The second-order valence-corrected chi connectivity index (χ2v) is 11.6. The van der Waals surface area contributed by atoms with Gasteiger partial charge in [-0.1, -0.05) is 13.0 Å². The molecule has 2 aliphatic heterocycles. The van der Waals surface area contributed by atoms with Crippen molar-refractivity contribution in [1.29, 1.82) is 0 Å². The molecule has 1 atom stereocenters. The number of piperidine rings is 1. The predicted octanol–water partition coefficient (Wildman–Crippen LogP) is 6.63. The van der Waals surface area contributed by atoms with Gasteiger partial charge in [0, 0.05) is 37.7 Å². The highest BCUT2D eigenvalue weighted by Gasteiger charge is 2.37. The second kappa shape index (κ2) is 12.1. The van der Waals surface area contributed by atoms with E-state index in [1.807, 2.05) is 44.2 Å². The van der Waals surface area contributed by atoms with Crippen LogP contribution in [-0.2, 0) is 23.8 Å².